The van der Waals surface area contributed by atoms with Gasteiger partial charge in [0, 0.05) is 7.05 Å². The SMILES string of the molecule is Cn1nnc2ccc(C(F)(F)F)cc2c1=O. The van der Waals surface area contributed by atoms with E-state index in [1.807, 2.05) is 0 Å². The van der Waals surface area contributed by atoms with Gasteiger partial charge in [0.25, 0.3) is 5.56 Å². The molecular weight excluding hydrogens is 223 g/mol. The molecule has 1 aromatic heterocycles. The standard InChI is InChI=1S/C9H6F3N3O/c1-15-8(16)6-4-5(9(10,11)12)2-3-7(6)13-14-15/h2-4H,1H3. The second-order valence-electron chi connectivity index (χ2n) is 3.25. The van der Waals surface area contributed by atoms with Gasteiger partial charge in [0.05, 0.1) is 10.9 Å². The van der Waals surface area contributed by atoms with E-state index in [4.69, 9.17) is 0 Å². The molecule has 1 aromatic carbocycles. The average molecular weight is 229 g/mol. The van der Waals surface area contributed by atoms with Crippen LogP contribution in [0.2, 0.25) is 0 Å². The zero-order chi connectivity index (χ0) is 11.9. The lowest BCUT2D eigenvalue weighted by atomic mass is 10.1. The van der Waals surface area contributed by atoms with Crippen LogP contribution in [0.1, 0.15) is 5.56 Å². The highest BCUT2D eigenvalue weighted by Gasteiger charge is 2.30. The van der Waals surface area contributed by atoms with Crippen LogP contribution in [0.5, 0.6) is 0 Å². The molecule has 0 spiro atoms. The first-order valence-corrected chi connectivity index (χ1v) is 4.30. The molecule has 0 aliphatic heterocycles. The lowest BCUT2D eigenvalue weighted by Gasteiger charge is -2.06. The van der Waals surface area contributed by atoms with Crippen molar-refractivity contribution >= 4 is 10.9 Å². The van der Waals surface area contributed by atoms with E-state index in [1.54, 1.807) is 0 Å². The summed E-state index contributed by atoms with van der Waals surface area (Å²) in [5.41, 5.74) is -1.32. The molecule has 84 valence electrons. The van der Waals surface area contributed by atoms with E-state index in [9.17, 15) is 18.0 Å². The highest BCUT2D eigenvalue weighted by Crippen LogP contribution is 2.30. The van der Waals surface area contributed by atoms with E-state index < -0.39 is 17.3 Å². The minimum Gasteiger partial charge on any atom is -0.267 e. The fraction of sp³-hybridized carbons (Fsp3) is 0.222. The summed E-state index contributed by atoms with van der Waals surface area (Å²) in [6, 6.07) is 2.79. The summed E-state index contributed by atoms with van der Waals surface area (Å²) in [6.45, 7) is 0. The highest BCUT2D eigenvalue weighted by atomic mass is 19.4. The van der Waals surface area contributed by atoms with Crippen LogP contribution in [0, 0.1) is 0 Å². The lowest BCUT2D eigenvalue weighted by Crippen LogP contribution is -2.21. The number of benzene rings is 1. The highest BCUT2D eigenvalue weighted by molar-refractivity contribution is 5.77. The Labute approximate surface area is 87.3 Å². The molecule has 7 heteroatoms. The minimum atomic E-state index is -4.47. The smallest absolute Gasteiger partial charge is 0.267 e. The molecule has 0 saturated heterocycles. The zero-order valence-electron chi connectivity index (χ0n) is 8.12. The number of fused-ring (bicyclic) bond motifs is 1. The van der Waals surface area contributed by atoms with Crippen molar-refractivity contribution in [1.82, 2.24) is 15.0 Å². The maximum absolute atomic E-state index is 12.4. The zero-order valence-corrected chi connectivity index (χ0v) is 8.12. The first-order valence-electron chi connectivity index (χ1n) is 4.30. The largest absolute Gasteiger partial charge is 0.416 e. The fourth-order valence-electron chi connectivity index (χ4n) is 1.30. The summed E-state index contributed by atoms with van der Waals surface area (Å²) < 4.78 is 38.1. The molecule has 0 amide bonds. The lowest BCUT2D eigenvalue weighted by molar-refractivity contribution is -0.137. The molecule has 16 heavy (non-hydrogen) atoms. The molecule has 0 N–H and O–H groups in total. The van der Waals surface area contributed by atoms with Crippen LogP contribution >= 0.6 is 0 Å². The van der Waals surface area contributed by atoms with Crippen LogP contribution < -0.4 is 5.56 Å². The number of aromatic nitrogens is 3. The first kappa shape index (κ1) is 10.6. The number of alkyl halides is 3. The molecule has 0 aliphatic rings. The topological polar surface area (TPSA) is 47.8 Å². The van der Waals surface area contributed by atoms with Gasteiger partial charge in [-0.1, -0.05) is 5.21 Å². The Morgan fingerprint density at radius 1 is 1.31 bits per heavy atom. The summed E-state index contributed by atoms with van der Waals surface area (Å²) in [5.74, 6) is 0. The van der Waals surface area contributed by atoms with Gasteiger partial charge in [-0.3, -0.25) is 4.79 Å². The van der Waals surface area contributed by atoms with E-state index in [-0.39, 0.29) is 10.9 Å². The van der Waals surface area contributed by atoms with Crippen molar-refractivity contribution in [3.8, 4) is 0 Å². The van der Waals surface area contributed by atoms with Gasteiger partial charge in [-0.15, -0.1) is 5.10 Å². The van der Waals surface area contributed by atoms with Crippen LogP contribution in [0.25, 0.3) is 10.9 Å². The minimum absolute atomic E-state index is 0.0904. The second-order valence-corrected chi connectivity index (χ2v) is 3.25. The van der Waals surface area contributed by atoms with Gasteiger partial charge in [-0.05, 0) is 18.2 Å². The van der Waals surface area contributed by atoms with Gasteiger partial charge in [0.2, 0.25) is 0 Å². The number of hydrogen-bond acceptors (Lipinski definition) is 3. The molecule has 0 saturated carbocycles. The average Bonchev–Trinajstić information content (AvgIpc) is 2.22. The molecule has 0 radical (unpaired) electrons. The predicted molar refractivity (Wildman–Crippen MR) is 49.8 cm³/mol. The maximum Gasteiger partial charge on any atom is 0.416 e. The molecular formula is C9H6F3N3O. The van der Waals surface area contributed by atoms with E-state index in [0.717, 1.165) is 22.9 Å². The number of halogens is 3. The summed E-state index contributed by atoms with van der Waals surface area (Å²) in [4.78, 5) is 11.5. The van der Waals surface area contributed by atoms with Crippen LogP contribution in [-0.2, 0) is 13.2 Å². The Morgan fingerprint density at radius 2 is 2.00 bits per heavy atom. The fourth-order valence-corrected chi connectivity index (χ4v) is 1.30. The molecule has 4 nitrogen and oxygen atoms in total. The Bertz CT molecular complexity index is 603. The van der Waals surface area contributed by atoms with Crippen LogP contribution in [0.4, 0.5) is 13.2 Å². The molecule has 1 heterocycles. The van der Waals surface area contributed by atoms with Crippen LogP contribution in [0.3, 0.4) is 0 Å². The monoisotopic (exact) mass is 229 g/mol. The number of nitrogens with zero attached hydrogens (tertiary/aromatic N) is 3. The Morgan fingerprint density at radius 3 is 2.62 bits per heavy atom. The Hall–Kier alpha value is -1.92. The summed E-state index contributed by atoms with van der Waals surface area (Å²) in [5, 5.41) is 6.99. The second kappa shape index (κ2) is 3.29. The van der Waals surface area contributed by atoms with Crippen molar-refractivity contribution in [3.05, 3.63) is 34.1 Å². The molecule has 0 aliphatic carbocycles. The van der Waals surface area contributed by atoms with Crippen molar-refractivity contribution in [1.29, 1.82) is 0 Å². The summed E-state index contributed by atoms with van der Waals surface area (Å²) >= 11 is 0. The molecule has 0 unspecified atom stereocenters. The maximum atomic E-state index is 12.4. The molecule has 2 rings (SSSR count). The predicted octanol–water partition coefficient (Wildman–Crippen LogP) is 1.35. The summed E-state index contributed by atoms with van der Waals surface area (Å²) in [7, 11) is 1.33. The van der Waals surface area contributed by atoms with Crippen molar-refractivity contribution in [2.45, 2.75) is 6.18 Å². The Balaban J connectivity index is 2.79. The Kier molecular flexibility index (Phi) is 2.18. The van der Waals surface area contributed by atoms with Crippen molar-refractivity contribution in [2.75, 3.05) is 0 Å². The van der Waals surface area contributed by atoms with Gasteiger partial charge in [-0.25, -0.2) is 4.68 Å². The van der Waals surface area contributed by atoms with Gasteiger partial charge in [0.1, 0.15) is 5.52 Å². The quantitative estimate of drug-likeness (QED) is 0.685. The third kappa shape index (κ3) is 1.64. The first-order chi connectivity index (χ1) is 7.39. The number of hydrogen-bond donors (Lipinski definition) is 0. The van der Waals surface area contributed by atoms with Crippen LogP contribution in [0.15, 0.2) is 23.0 Å². The third-order valence-electron chi connectivity index (χ3n) is 2.13. The van der Waals surface area contributed by atoms with Crippen molar-refractivity contribution in [2.24, 2.45) is 7.05 Å². The van der Waals surface area contributed by atoms with E-state index in [0.29, 0.717) is 0 Å². The third-order valence-corrected chi connectivity index (χ3v) is 2.13. The number of aryl methyl sites for hydroxylation is 1. The van der Waals surface area contributed by atoms with Gasteiger partial charge in [0.15, 0.2) is 0 Å². The van der Waals surface area contributed by atoms with Gasteiger partial charge < -0.3 is 0 Å². The van der Waals surface area contributed by atoms with E-state index in [1.165, 1.54) is 7.05 Å². The van der Waals surface area contributed by atoms with Crippen molar-refractivity contribution in [3.63, 3.8) is 0 Å². The van der Waals surface area contributed by atoms with Crippen molar-refractivity contribution < 1.29 is 13.2 Å². The normalized spacial score (nSPS) is 12.0. The molecule has 0 atom stereocenters. The van der Waals surface area contributed by atoms with E-state index >= 15 is 0 Å². The number of rotatable bonds is 0. The van der Waals surface area contributed by atoms with Gasteiger partial charge >= 0.3 is 6.18 Å². The van der Waals surface area contributed by atoms with E-state index in [2.05, 4.69) is 10.3 Å². The molecule has 0 fully saturated rings. The molecule has 0 bridgehead atoms. The molecule has 2 aromatic rings. The van der Waals surface area contributed by atoms with Crippen LogP contribution in [-0.4, -0.2) is 15.0 Å². The van der Waals surface area contributed by atoms with Gasteiger partial charge in [-0.2, -0.15) is 13.2 Å². The summed E-state index contributed by atoms with van der Waals surface area (Å²) in [6.07, 6.45) is -4.47.